The first-order valence-corrected chi connectivity index (χ1v) is 7.96. The quantitative estimate of drug-likeness (QED) is 0.785. The highest BCUT2D eigenvalue weighted by Gasteiger charge is 2.24. The van der Waals surface area contributed by atoms with Crippen LogP contribution in [0.15, 0.2) is 36.9 Å². The van der Waals surface area contributed by atoms with Gasteiger partial charge in [-0.25, -0.2) is 0 Å². The first-order chi connectivity index (χ1) is 10.6. The maximum Gasteiger partial charge on any atom is 0.122 e. The summed E-state index contributed by atoms with van der Waals surface area (Å²) in [6.45, 7) is 10.5. The van der Waals surface area contributed by atoms with Crippen LogP contribution in [-0.4, -0.2) is 54.6 Å². The number of benzene rings is 1. The molecule has 3 atom stereocenters. The summed E-state index contributed by atoms with van der Waals surface area (Å²) in [6, 6.07) is 7.89. The minimum atomic E-state index is -0.505. The number of rotatable bonds is 7. The number of para-hydroxylation sites is 1. The van der Waals surface area contributed by atoms with Crippen molar-refractivity contribution in [1.29, 1.82) is 0 Å². The normalized spacial score (nSPS) is 24.0. The molecule has 2 rings (SSSR count). The van der Waals surface area contributed by atoms with Crippen LogP contribution in [-0.2, 0) is 11.2 Å². The molecule has 0 amide bonds. The van der Waals surface area contributed by atoms with E-state index >= 15 is 0 Å². The first kappa shape index (κ1) is 17.0. The molecule has 1 saturated heterocycles. The van der Waals surface area contributed by atoms with Gasteiger partial charge in [-0.2, -0.15) is 0 Å². The number of aliphatic hydroxyl groups is 1. The molecule has 1 aromatic rings. The van der Waals surface area contributed by atoms with E-state index in [1.54, 1.807) is 0 Å². The maximum atomic E-state index is 10.2. The Morgan fingerprint density at radius 2 is 2.05 bits per heavy atom. The third-order valence-electron chi connectivity index (χ3n) is 3.73. The molecular weight excluding hydrogens is 278 g/mol. The lowest BCUT2D eigenvalue weighted by Crippen LogP contribution is -2.48. The molecule has 1 aliphatic heterocycles. The summed E-state index contributed by atoms with van der Waals surface area (Å²) in [5.41, 5.74) is 1.10. The van der Waals surface area contributed by atoms with Crippen LogP contribution >= 0.6 is 0 Å². The fraction of sp³-hybridized carbons (Fsp3) is 0.556. The molecule has 0 bridgehead atoms. The molecule has 0 saturated carbocycles. The smallest absolute Gasteiger partial charge is 0.122 e. The first-order valence-electron chi connectivity index (χ1n) is 7.96. The highest BCUT2D eigenvalue weighted by molar-refractivity contribution is 5.34. The van der Waals surface area contributed by atoms with E-state index in [0.717, 1.165) is 30.8 Å². The molecule has 4 nitrogen and oxygen atoms in total. The summed E-state index contributed by atoms with van der Waals surface area (Å²) in [6.07, 6.45) is 2.55. The molecule has 0 aromatic heterocycles. The summed E-state index contributed by atoms with van der Waals surface area (Å²) in [5.74, 6) is 0.824. The van der Waals surface area contributed by atoms with Crippen LogP contribution in [0.25, 0.3) is 0 Å². The molecule has 0 aliphatic carbocycles. The third-order valence-corrected chi connectivity index (χ3v) is 3.73. The Labute approximate surface area is 133 Å². The maximum absolute atomic E-state index is 10.2. The zero-order valence-electron chi connectivity index (χ0n) is 13.6. The molecule has 1 N–H and O–H groups in total. The van der Waals surface area contributed by atoms with Crippen LogP contribution in [0, 0.1) is 0 Å². The van der Waals surface area contributed by atoms with Crippen molar-refractivity contribution < 1.29 is 14.6 Å². The van der Waals surface area contributed by atoms with E-state index in [1.165, 1.54) is 0 Å². The summed E-state index contributed by atoms with van der Waals surface area (Å²) in [7, 11) is 0. The Bertz CT molecular complexity index is 467. The fourth-order valence-electron chi connectivity index (χ4n) is 2.94. The van der Waals surface area contributed by atoms with Gasteiger partial charge in [-0.3, -0.25) is 4.90 Å². The number of nitrogens with zero attached hydrogens (tertiary/aromatic N) is 1. The van der Waals surface area contributed by atoms with Crippen molar-refractivity contribution in [2.24, 2.45) is 0 Å². The van der Waals surface area contributed by atoms with E-state index in [-0.39, 0.29) is 12.2 Å². The summed E-state index contributed by atoms with van der Waals surface area (Å²) in [5, 5.41) is 10.2. The van der Waals surface area contributed by atoms with Gasteiger partial charge in [-0.1, -0.05) is 24.3 Å². The summed E-state index contributed by atoms with van der Waals surface area (Å²) in [4.78, 5) is 2.24. The monoisotopic (exact) mass is 305 g/mol. The molecule has 1 fully saturated rings. The largest absolute Gasteiger partial charge is 0.491 e. The predicted molar refractivity (Wildman–Crippen MR) is 88.3 cm³/mol. The van der Waals surface area contributed by atoms with Crippen molar-refractivity contribution in [3.05, 3.63) is 42.5 Å². The molecule has 1 heterocycles. The molecular formula is C18H27NO3. The second-order valence-corrected chi connectivity index (χ2v) is 6.04. The molecule has 0 radical (unpaired) electrons. The van der Waals surface area contributed by atoms with Crippen molar-refractivity contribution in [2.45, 2.75) is 38.6 Å². The van der Waals surface area contributed by atoms with Crippen LogP contribution in [0.2, 0.25) is 0 Å². The van der Waals surface area contributed by atoms with E-state index in [4.69, 9.17) is 9.47 Å². The second kappa shape index (κ2) is 8.32. The number of β-amino-alcohol motifs (C(OH)–C–C–N with tert-alkyl or cyclic N) is 1. The lowest BCUT2D eigenvalue weighted by molar-refractivity contribution is -0.0786. The Morgan fingerprint density at radius 1 is 1.36 bits per heavy atom. The molecule has 22 heavy (non-hydrogen) atoms. The van der Waals surface area contributed by atoms with Crippen molar-refractivity contribution in [3.63, 3.8) is 0 Å². The minimum Gasteiger partial charge on any atom is -0.491 e. The Morgan fingerprint density at radius 3 is 2.73 bits per heavy atom. The van der Waals surface area contributed by atoms with E-state index in [0.29, 0.717) is 13.2 Å². The van der Waals surface area contributed by atoms with Gasteiger partial charge < -0.3 is 14.6 Å². The molecule has 4 heteroatoms. The van der Waals surface area contributed by atoms with E-state index < -0.39 is 6.10 Å². The molecule has 1 aromatic carbocycles. The lowest BCUT2D eigenvalue weighted by atomic mass is 10.1. The number of hydrogen-bond donors (Lipinski definition) is 1. The van der Waals surface area contributed by atoms with Gasteiger partial charge in [0.25, 0.3) is 0 Å². The van der Waals surface area contributed by atoms with Crippen LogP contribution in [0.4, 0.5) is 0 Å². The zero-order chi connectivity index (χ0) is 15.9. The topological polar surface area (TPSA) is 41.9 Å². The van der Waals surface area contributed by atoms with Gasteiger partial charge in [0.2, 0.25) is 0 Å². The van der Waals surface area contributed by atoms with Gasteiger partial charge >= 0.3 is 0 Å². The van der Waals surface area contributed by atoms with Crippen molar-refractivity contribution in [1.82, 2.24) is 4.90 Å². The number of hydrogen-bond acceptors (Lipinski definition) is 4. The standard InChI is InChI=1S/C18H27NO3/c1-4-7-16-8-5-6-9-18(16)21-13-17(20)12-19-10-14(2)22-15(3)11-19/h4-6,8-9,14-15,17,20H,1,7,10-13H2,2-3H3/t14-,15-,17-/m1/s1. The summed E-state index contributed by atoms with van der Waals surface area (Å²) >= 11 is 0. The Hall–Kier alpha value is -1.36. The second-order valence-electron chi connectivity index (χ2n) is 6.04. The number of allylic oxidation sites excluding steroid dienone is 1. The van der Waals surface area contributed by atoms with Crippen molar-refractivity contribution >= 4 is 0 Å². The Kier molecular flexibility index (Phi) is 6.43. The predicted octanol–water partition coefficient (Wildman–Crippen LogP) is 2.26. The van der Waals surface area contributed by atoms with Crippen molar-refractivity contribution in [3.8, 4) is 5.75 Å². The number of morpholine rings is 1. The van der Waals surface area contributed by atoms with Crippen LogP contribution in [0.3, 0.4) is 0 Å². The molecule has 122 valence electrons. The van der Waals surface area contributed by atoms with Gasteiger partial charge in [0.1, 0.15) is 18.5 Å². The van der Waals surface area contributed by atoms with E-state index in [1.807, 2.05) is 30.3 Å². The highest BCUT2D eigenvalue weighted by Crippen LogP contribution is 2.19. The van der Waals surface area contributed by atoms with E-state index in [9.17, 15) is 5.11 Å². The van der Waals surface area contributed by atoms with Crippen molar-refractivity contribution in [2.75, 3.05) is 26.2 Å². The SMILES string of the molecule is C=CCc1ccccc1OC[C@H](O)CN1C[C@@H](C)O[C@H](C)C1. The highest BCUT2D eigenvalue weighted by atomic mass is 16.5. The minimum absolute atomic E-state index is 0.213. The zero-order valence-corrected chi connectivity index (χ0v) is 13.6. The lowest BCUT2D eigenvalue weighted by Gasteiger charge is -2.36. The van der Waals surface area contributed by atoms with Gasteiger partial charge in [0.15, 0.2) is 0 Å². The Balaban J connectivity index is 1.82. The molecule has 1 aliphatic rings. The van der Waals surface area contributed by atoms with Gasteiger partial charge in [-0.05, 0) is 31.9 Å². The molecule has 0 spiro atoms. The average Bonchev–Trinajstić information content (AvgIpc) is 2.45. The van der Waals surface area contributed by atoms with Gasteiger partial charge in [0, 0.05) is 19.6 Å². The fourth-order valence-corrected chi connectivity index (χ4v) is 2.94. The van der Waals surface area contributed by atoms with E-state index in [2.05, 4.69) is 25.3 Å². The summed E-state index contributed by atoms with van der Waals surface area (Å²) < 4.78 is 11.5. The van der Waals surface area contributed by atoms with Crippen LogP contribution < -0.4 is 4.74 Å². The number of aliphatic hydroxyl groups excluding tert-OH is 1. The van der Waals surface area contributed by atoms with Crippen LogP contribution in [0.1, 0.15) is 19.4 Å². The van der Waals surface area contributed by atoms with Gasteiger partial charge in [0.05, 0.1) is 12.2 Å². The van der Waals surface area contributed by atoms with Gasteiger partial charge in [-0.15, -0.1) is 6.58 Å². The number of ether oxygens (including phenoxy) is 2. The third kappa shape index (κ3) is 5.13. The molecule has 0 unspecified atom stereocenters. The van der Waals surface area contributed by atoms with Crippen LogP contribution in [0.5, 0.6) is 5.75 Å². The average molecular weight is 305 g/mol.